The summed E-state index contributed by atoms with van der Waals surface area (Å²) in [5, 5.41) is 9.30. The molecule has 0 aromatic heterocycles. The molecule has 0 unspecified atom stereocenters. The fourth-order valence-corrected chi connectivity index (χ4v) is 1.76. The van der Waals surface area contributed by atoms with Gasteiger partial charge in [0.1, 0.15) is 29.8 Å². The van der Waals surface area contributed by atoms with Crippen molar-refractivity contribution in [1.29, 1.82) is 0 Å². The molecule has 2 nitrogen and oxygen atoms in total. The Labute approximate surface area is 114 Å². The van der Waals surface area contributed by atoms with Gasteiger partial charge in [-0.1, -0.05) is 6.07 Å². The van der Waals surface area contributed by atoms with Crippen molar-refractivity contribution in [3.8, 4) is 5.75 Å². The molecule has 0 spiro atoms. The molecule has 0 fully saturated rings. The van der Waals surface area contributed by atoms with Crippen LogP contribution >= 0.6 is 0 Å². The lowest BCUT2D eigenvalue weighted by molar-refractivity contribution is 0.193. The fraction of sp³-hybridized carbons (Fsp3) is 0.200. The van der Waals surface area contributed by atoms with E-state index in [0.29, 0.717) is 0 Å². The summed E-state index contributed by atoms with van der Waals surface area (Å²) in [5.74, 6) is -1.93. The Kier molecular flexibility index (Phi) is 4.29. The van der Waals surface area contributed by atoms with Gasteiger partial charge in [0.25, 0.3) is 0 Å². The van der Waals surface area contributed by atoms with Crippen molar-refractivity contribution in [3.63, 3.8) is 0 Å². The van der Waals surface area contributed by atoms with Crippen molar-refractivity contribution in [2.24, 2.45) is 0 Å². The van der Waals surface area contributed by atoms with Crippen LogP contribution < -0.4 is 4.74 Å². The second-order valence-corrected chi connectivity index (χ2v) is 4.35. The summed E-state index contributed by atoms with van der Waals surface area (Å²) in [6, 6.07) is 7.38. The Hall–Kier alpha value is -2.01. The Bertz CT molecular complexity index is 592. The third-order valence-corrected chi connectivity index (χ3v) is 2.87. The van der Waals surface area contributed by atoms with E-state index in [-0.39, 0.29) is 23.5 Å². The molecule has 20 heavy (non-hydrogen) atoms. The molecule has 0 aliphatic carbocycles. The van der Waals surface area contributed by atoms with Gasteiger partial charge in [0.15, 0.2) is 0 Å². The van der Waals surface area contributed by atoms with Crippen LogP contribution in [0.2, 0.25) is 0 Å². The minimum Gasteiger partial charge on any atom is -0.489 e. The van der Waals surface area contributed by atoms with Gasteiger partial charge in [-0.2, -0.15) is 0 Å². The molecule has 2 aromatic carbocycles. The predicted molar refractivity (Wildman–Crippen MR) is 67.7 cm³/mol. The van der Waals surface area contributed by atoms with Gasteiger partial charge in [-0.05, 0) is 31.2 Å². The van der Waals surface area contributed by atoms with Crippen molar-refractivity contribution in [2.75, 3.05) is 0 Å². The average molecular weight is 282 g/mol. The van der Waals surface area contributed by atoms with Crippen LogP contribution in [0.3, 0.4) is 0 Å². The molecule has 5 heteroatoms. The van der Waals surface area contributed by atoms with Crippen LogP contribution in [0.25, 0.3) is 0 Å². The number of aliphatic hydroxyl groups is 1. The number of halogens is 3. The first-order valence-corrected chi connectivity index (χ1v) is 6.02. The first-order chi connectivity index (χ1) is 9.49. The molecule has 2 aromatic rings. The van der Waals surface area contributed by atoms with E-state index < -0.39 is 23.6 Å². The zero-order chi connectivity index (χ0) is 14.7. The highest BCUT2D eigenvalue weighted by Crippen LogP contribution is 2.23. The third kappa shape index (κ3) is 3.11. The number of hydrogen-bond donors (Lipinski definition) is 1. The molecule has 1 N–H and O–H groups in total. The van der Waals surface area contributed by atoms with E-state index in [0.717, 1.165) is 18.2 Å². The third-order valence-electron chi connectivity index (χ3n) is 2.87. The smallest absolute Gasteiger partial charge is 0.132 e. The molecule has 0 amide bonds. The molecule has 0 heterocycles. The normalized spacial score (nSPS) is 12.2. The zero-order valence-electron chi connectivity index (χ0n) is 10.7. The van der Waals surface area contributed by atoms with E-state index in [1.54, 1.807) is 0 Å². The summed E-state index contributed by atoms with van der Waals surface area (Å²) in [6.45, 7) is 1.10. The topological polar surface area (TPSA) is 29.5 Å². The Morgan fingerprint density at radius 2 is 1.70 bits per heavy atom. The van der Waals surface area contributed by atoms with E-state index >= 15 is 0 Å². The van der Waals surface area contributed by atoms with E-state index in [1.807, 2.05) is 0 Å². The number of benzene rings is 2. The SMILES string of the molecule is C[C@@H](O)c1ccc(OCc2c(F)cccc2F)cc1F. The zero-order valence-corrected chi connectivity index (χ0v) is 10.7. The standard InChI is InChI=1S/C15H13F3O2/c1-9(19)11-6-5-10(7-15(11)18)20-8-12-13(16)3-2-4-14(12)17/h2-7,9,19H,8H2,1H3/t9-/m1/s1. The molecule has 0 saturated heterocycles. The van der Waals surface area contributed by atoms with Crippen molar-refractivity contribution in [3.05, 3.63) is 65.0 Å². The Morgan fingerprint density at radius 1 is 1.05 bits per heavy atom. The number of hydrogen-bond acceptors (Lipinski definition) is 2. The Morgan fingerprint density at radius 3 is 2.25 bits per heavy atom. The van der Waals surface area contributed by atoms with Crippen LogP contribution in [-0.2, 0) is 6.61 Å². The fourth-order valence-electron chi connectivity index (χ4n) is 1.76. The van der Waals surface area contributed by atoms with Crippen LogP contribution in [0.1, 0.15) is 24.2 Å². The van der Waals surface area contributed by atoms with Crippen molar-refractivity contribution in [1.82, 2.24) is 0 Å². The lowest BCUT2D eigenvalue weighted by atomic mass is 10.1. The van der Waals surface area contributed by atoms with Crippen LogP contribution in [0.15, 0.2) is 36.4 Å². The molecular weight excluding hydrogens is 269 g/mol. The van der Waals surface area contributed by atoms with Gasteiger partial charge in [0, 0.05) is 11.6 Å². The highest BCUT2D eigenvalue weighted by atomic mass is 19.1. The van der Waals surface area contributed by atoms with Crippen LogP contribution in [0, 0.1) is 17.5 Å². The van der Waals surface area contributed by atoms with Gasteiger partial charge in [0.05, 0.1) is 11.7 Å². The van der Waals surface area contributed by atoms with Gasteiger partial charge in [-0.15, -0.1) is 0 Å². The lowest BCUT2D eigenvalue weighted by Gasteiger charge is -2.11. The minimum absolute atomic E-state index is 0.134. The number of aliphatic hydroxyl groups excluding tert-OH is 1. The van der Waals surface area contributed by atoms with Gasteiger partial charge < -0.3 is 9.84 Å². The first kappa shape index (κ1) is 14.4. The van der Waals surface area contributed by atoms with E-state index in [2.05, 4.69) is 0 Å². The van der Waals surface area contributed by atoms with E-state index in [9.17, 15) is 18.3 Å². The molecule has 0 aliphatic heterocycles. The molecule has 0 radical (unpaired) electrons. The van der Waals surface area contributed by atoms with E-state index in [1.165, 1.54) is 25.1 Å². The van der Waals surface area contributed by atoms with E-state index in [4.69, 9.17) is 4.74 Å². The Balaban J connectivity index is 2.14. The number of ether oxygens (including phenoxy) is 1. The molecule has 0 bridgehead atoms. The molecule has 0 aliphatic rings. The summed E-state index contributed by atoms with van der Waals surface area (Å²) >= 11 is 0. The molecular formula is C15H13F3O2. The highest BCUT2D eigenvalue weighted by Gasteiger charge is 2.11. The lowest BCUT2D eigenvalue weighted by Crippen LogP contribution is -2.03. The molecule has 106 valence electrons. The van der Waals surface area contributed by atoms with Crippen LogP contribution in [-0.4, -0.2) is 5.11 Å². The maximum absolute atomic E-state index is 13.6. The predicted octanol–water partition coefficient (Wildman–Crippen LogP) is 3.74. The minimum atomic E-state index is -0.937. The average Bonchev–Trinajstić information content (AvgIpc) is 2.37. The summed E-state index contributed by atoms with van der Waals surface area (Å²) < 4.78 is 45.5. The summed E-state index contributed by atoms with van der Waals surface area (Å²) in [7, 11) is 0. The highest BCUT2D eigenvalue weighted by molar-refractivity contribution is 5.30. The second-order valence-electron chi connectivity index (χ2n) is 4.35. The van der Waals surface area contributed by atoms with Crippen molar-refractivity contribution >= 4 is 0 Å². The molecule has 1 atom stereocenters. The second kappa shape index (κ2) is 5.96. The summed E-state index contributed by atoms with van der Waals surface area (Å²) in [5.41, 5.74) is -0.0815. The van der Waals surface area contributed by atoms with Gasteiger partial charge >= 0.3 is 0 Å². The van der Waals surface area contributed by atoms with Gasteiger partial charge in [0.2, 0.25) is 0 Å². The first-order valence-electron chi connectivity index (χ1n) is 6.02. The molecule has 2 rings (SSSR count). The van der Waals surface area contributed by atoms with Crippen molar-refractivity contribution in [2.45, 2.75) is 19.6 Å². The van der Waals surface area contributed by atoms with Gasteiger partial charge in [-0.25, -0.2) is 13.2 Å². The largest absolute Gasteiger partial charge is 0.489 e. The maximum Gasteiger partial charge on any atom is 0.132 e. The van der Waals surface area contributed by atoms with Crippen LogP contribution in [0.4, 0.5) is 13.2 Å². The van der Waals surface area contributed by atoms with Crippen LogP contribution in [0.5, 0.6) is 5.75 Å². The number of rotatable bonds is 4. The monoisotopic (exact) mass is 282 g/mol. The quantitative estimate of drug-likeness (QED) is 0.925. The summed E-state index contributed by atoms with van der Waals surface area (Å²) in [4.78, 5) is 0. The van der Waals surface area contributed by atoms with Crippen molar-refractivity contribution < 1.29 is 23.0 Å². The molecule has 0 saturated carbocycles. The van der Waals surface area contributed by atoms with Gasteiger partial charge in [-0.3, -0.25) is 0 Å². The maximum atomic E-state index is 13.6. The summed E-state index contributed by atoms with van der Waals surface area (Å²) in [6.07, 6.45) is -0.937.